The van der Waals surface area contributed by atoms with Crippen molar-refractivity contribution in [3.05, 3.63) is 143 Å². The molecule has 0 aliphatic carbocycles. The second-order valence-corrected chi connectivity index (χ2v) is 15.6. The molecular weight excluding hydrogens is 789 g/mol. The number of methoxy groups -OCH3 is 2. The molecule has 0 saturated carbocycles. The number of fused-ring (bicyclic) bond motifs is 2. The van der Waals surface area contributed by atoms with Gasteiger partial charge in [-0.15, -0.1) is 0 Å². The summed E-state index contributed by atoms with van der Waals surface area (Å²) in [6, 6.07) is 28.1. The van der Waals surface area contributed by atoms with Gasteiger partial charge in [-0.2, -0.15) is 0 Å². The van der Waals surface area contributed by atoms with Crippen LogP contribution in [0.2, 0.25) is 0 Å². The zero-order valence-electron chi connectivity index (χ0n) is 34.3. The third-order valence-corrected chi connectivity index (χ3v) is 11.9. The number of amides is 4. The van der Waals surface area contributed by atoms with E-state index in [1.807, 2.05) is 84.9 Å². The normalized spacial score (nSPS) is 17.6. The average molecular weight is 835 g/mol. The van der Waals surface area contributed by atoms with Crippen LogP contribution in [0.25, 0.3) is 22.5 Å². The topological polar surface area (TPSA) is 184 Å². The van der Waals surface area contributed by atoms with E-state index in [4.69, 9.17) is 24.2 Å². The molecule has 2 fully saturated rings. The van der Waals surface area contributed by atoms with E-state index >= 15 is 0 Å². The maximum Gasteiger partial charge on any atom is 0.407 e. The van der Waals surface area contributed by atoms with Crippen molar-refractivity contribution in [2.24, 2.45) is 0 Å². The van der Waals surface area contributed by atoms with Crippen LogP contribution in [0, 0.1) is 0 Å². The van der Waals surface area contributed by atoms with Gasteiger partial charge in [0, 0.05) is 30.6 Å². The molecule has 62 heavy (non-hydrogen) atoms. The summed E-state index contributed by atoms with van der Waals surface area (Å²) in [4.78, 5) is 72.6. The number of hydrogen-bond donors (Lipinski definition) is 4. The lowest BCUT2D eigenvalue weighted by atomic mass is 9.96. The Labute approximate surface area is 357 Å². The quantitative estimate of drug-likeness (QED) is 0.107. The molecule has 2 saturated heterocycles. The van der Waals surface area contributed by atoms with Crippen LogP contribution < -0.4 is 15.4 Å². The molecule has 316 valence electrons. The number of carbonyl (C=O) groups is 4. The highest BCUT2D eigenvalue weighted by Gasteiger charge is 2.39. The van der Waals surface area contributed by atoms with Crippen molar-refractivity contribution in [1.82, 2.24) is 40.4 Å². The Kier molecular flexibility index (Phi) is 11.2. The van der Waals surface area contributed by atoms with E-state index in [-0.39, 0.29) is 23.9 Å². The number of likely N-dealkylation sites (tertiary alicyclic amines) is 2. The zero-order chi connectivity index (χ0) is 42.7. The lowest BCUT2D eigenvalue weighted by Gasteiger charge is -2.28. The van der Waals surface area contributed by atoms with Crippen molar-refractivity contribution in [2.75, 3.05) is 27.3 Å². The number of nitrogens with zero attached hydrogens (tertiary/aromatic N) is 4. The zero-order valence-corrected chi connectivity index (χ0v) is 34.3. The molecule has 2 aromatic heterocycles. The number of rotatable bonds is 10. The Hall–Kier alpha value is -7.42. The second-order valence-electron chi connectivity index (χ2n) is 15.6. The first-order valence-corrected chi connectivity index (χ1v) is 20.7. The van der Waals surface area contributed by atoms with Gasteiger partial charge in [-0.3, -0.25) is 9.59 Å². The predicted octanol–water partition coefficient (Wildman–Crippen LogP) is 7.68. The Balaban J connectivity index is 0.903. The summed E-state index contributed by atoms with van der Waals surface area (Å²) < 4.78 is 16.1. The van der Waals surface area contributed by atoms with Crippen LogP contribution in [0.15, 0.2) is 109 Å². The maximum absolute atomic E-state index is 14.0. The lowest BCUT2D eigenvalue weighted by Crippen LogP contribution is -2.42. The number of alkyl carbamates (subject to hydrolysis) is 2. The summed E-state index contributed by atoms with van der Waals surface area (Å²) in [6.45, 7) is 1.07. The molecule has 15 nitrogen and oxygen atoms in total. The fourth-order valence-electron chi connectivity index (χ4n) is 8.78. The highest BCUT2D eigenvalue weighted by molar-refractivity contribution is 5.88. The van der Waals surface area contributed by atoms with Crippen LogP contribution in [-0.2, 0) is 25.5 Å². The van der Waals surface area contributed by atoms with E-state index in [2.05, 4.69) is 32.7 Å². The molecule has 0 radical (unpaired) electrons. The summed E-state index contributed by atoms with van der Waals surface area (Å²) in [6.07, 6.45) is 5.92. The molecule has 4 unspecified atom stereocenters. The summed E-state index contributed by atoms with van der Waals surface area (Å²) in [5, 5.41) is 5.43. The fraction of sp³-hybridized carbons (Fsp3) is 0.277. The molecule has 4 aromatic carbocycles. The van der Waals surface area contributed by atoms with E-state index in [1.54, 1.807) is 22.2 Å². The molecule has 4 N–H and O–H groups in total. The third kappa shape index (κ3) is 7.96. The second kappa shape index (κ2) is 17.3. The number of hydrogen-bond acceptors (Lipinski definition) is 9. The van der Waals surface area contributed by atoms with Gasteiger partial charge >= 0.3 is 12.2 Å². The van der Waals surface area contributed by atoms with Crippen molar-refractivity contribution in [1.29, 1.82) is 0 Å². The molecule has 4 amide bonds. The van der Waals surface area contributed by atoms with Crippen LogP contribution in [0.1, 0.15) is 83.8 Å². The number of imidazole rings is 2. The van der Waals surface area contributed by atoms with Crippen molar-refractivity contribution in [2.45, 2.75) is 56.3 Å². The number of aromatic amines is 2. The standard InChI is InChI=1S/C47H46N8O7/c1-60-46(58)52-40(28-11-5-3-6-12-28)44(56)54-21-9-15-36(54)42-48-26-34(50-42)30-17-19-38-32(23-30)25-33-24-31(18-20-39(33)62-38)35-27-49-43(51-35)37-16-10-22-55(37)45(57)41(53-47(59)61-2)29-13-7-4-8-14-29/h3-8,11-14,17-20,23-24,26-27,36-37,40-41H,9-10,15-16,21-22,25H2,1-2H3,(H,48,50)(H,49,51)(H,52,58)(H,53,59). The minimum Gasteiger partial charge on any atom is -0.457 e. The summed E-state index contributed by atoms with van der Waals surface area (Å²) in [5.41, 5.74) is 6.86. The molecule has 0 spiro atoms. The van der Waals surface area contributed by atoms with Crippen molar-refractivity contribution in [3.63, 3.8) is 0 Å². The Morgan fingerprint density at radius 3 is 1.50 bits per heavy atom. The maximum atomic E-state index is 14.0. The van der Waals surface area contributed by atoms with Gasteiger partial charge in [0.15, 0.2) is 0 Å². The van der Waals surface area contributed by atoms with Gasteiger partial charge in [0.1, 0.15) is 35.2 Å². The van der Waals surface area contributed by atoms with Crippen LogP contribution in [0.3, 0.4) is 0 Å². The highest BCUT2D eigenvalue weighted by Crippen LogP contribution is 2.41. The molecular formula is C47H46N8O7. The predicted molar refractivity (Wildman–Crippen MR) is 228 cm³/mol. The average Bonchev–Trinajstić information content (AvgIpc) is 4.16. The highest BCUT2D eigenvalue weighted by atomic mass is 16.5. The Morgan fingerprint density at radius 1 is 0.645 bits per heavy atom. The molecule has 3 aliphatic rings. The molecule has 15 heteroatoms. The Morgan fingerprint density at radius 2 is 1.08 bits per heavy atom. The molecule has 6 aromatic rings. The Bertz CT molecular complexity index is 2430. The minimum absolute atomic E-state index is 0.227. The molecule has 3 aliphatic heterocycles. The molecule has 5 heterocycles. The summed E-state index contributed by atoms with van der Waals surface area (Å²) in [5.74, 6) is 2.45. The first-order valence-electron chi connectivity index (χ1n) is 20.7. The minimum atomic E-state index is -0.900. The van der Waals surface area contributed by atoms with Gasteiger partial charge < -0.3 is 44.6 Å². The van der Waals surface area contributed by atoms with Crippen molar-refractivity contribution in [3.8, 4) is 34.0 Å². The van der Waals surface area contributed by atoms with Gasteiger partial charge in [-0.1, -0.05) is 60.7 Å². The first kappa shape index (κ1) is 40.0. The molecule has 4 atom stereocenters. The molecule has 0 bridgehead atoms. The lowest BCUT2D eigenvalue weighted by molar-refractivity contribution is -0.135. The van der Waals surface area contributed by atoms with Gasteiger partial charge in [0.2, 0.25) is 0 Å². The van der Waals surface area contributed by atoms with Crippen LogP contribution >= 0.6 is 0 Å². The number of H-pyrrole nitrogens is 2. The van der Waals surface area contributed by atoms with E-state index in [9.17, 15) is 19.2 Å². The van der Waals surface area contributed by atoms with E-state index in [0.29, 0.717) is 42.3 Å². The summed E-state index contributed by atoms with van der Waals surface area (Å²) >= 11 is 0. The van der Waals surface area contributed by atoms with E-state index < -0.39 is 24.3 Å². The van der Waals surface area contributed by atoms with Crippen LogP contribution in [0.5, 0.6) is 11.5 Å². The van der Waals surface area contributed by atoms with Gasteiger partial charge in [-0.25, -0.2) is 19.6 Å². The van der Waals surface area contributed by atoms with Crippen LogP contribution in [0.4, 0.5) is 9.59 Å². The third-order valence-electron chi connectivity index (χ3n) is 11.9. The number of nitrogens with one attached hydrogen (secondary N) is 4. The van der Waals surface area contributed by atoms with E-state index in [0.717, 1.165) is 70.8 Å². The van der Waals surface area contributed by atoms with Gasteiger partial charge in [0.25, 0.3) is 11.8 Å². The van der Waals surface area contributed by atoms with Gasteiger partial charge in [0.05, 0.1) is 50.1 Å². The number of carbonyl (C=O) groups excluding carboxylic acids is 4. The number of aromatic nitrogens is 4. The fourth-order valence-corrected chi connectivity index (χ4v) is 8.78. The van der Waals surface area contributed by atoms with Gasteiger partial charge in [-0.05, 0) is 84.3 Å². The van der Waals surface area contributed by atoms with Crippen molar-refractivity contribution < 1.29 is 33.4 Å². The summed E-state index contributed by atoms with van der Waals surface area (Å²) in [7, 11) is 2.55. The van der Waals surface area contributed by atoms with Crippen LogP contribution in [-0.4, -0.2) is 81.0 Å². The van der Waals surface area contributed by atoms with Crippen molar-refractivity contribution >= 4 is 24.0 Å². The smallest absolute Gasteiger partial charge is 0.407 e. The molecule has 9 rings (SSSR count). The monoisotopic (exact) mass is 834 g/mol. The number of benzene rings is 4. The number of ether oxygens (including phenoxy) is 3. The first-order chi connectivity index (χ1) is 30.3. The van der Waals surface area contributed by atoms with E-state index in [1.165, 1.54) is 14.2 Å². The largest absolute Gasteiger partial charge is 0.457 e. The SMILES string of the molecule is COC(=O)NC(C(=O)N1CCCC1c1ncc(-c2ccc3c(c2)Cc2cc(-c4cnc(C5CCCN5C(=O)C(NC(=O)OC)c5ccccc5)[nH]4)ccc2O3)[nH]1)c1ccccc1.